The van der Waals surface area contributed by atoms with Crippen molar-refractivity contribution in [2.75, 3.05) is 13.7 Å². The lowest BCUT2D eigenvalue weighted by Crippen LogP contribution is -1.91. The molecule has 3 nitrogen and oxygen atoms in total. The van der Waals surface area contributed by atoms with Gasteiger partial charge in [-0.25, -0.2) is 0 Å². The summed E-state index contributed by atoms with van der Waals surface area (Å²) in [5.41, 5.74) is 1.03. The maximum Gasteiger partial charge on any atom is 0.124 e. The first-order valence-corrected chi connectivity index (χ1v) is 3.81. The summed E-state index contributed by atoms with van der Waals surface area (Å²) >= 11 is 0. The molecule has 0 fully saturated rings. The molecule has 0 saturated carbocycles. The van der Waals surface area contributed by atoms with Crippen molar-refractivity contribution in [3.63, 3.8) is 0 Å². The Morgan fingerprint density at radius 1 is 1.55 bits per heavy atom. The van der Waals surface area contributed by atoms with E-state index in [-0.39, 0.29) is 0 Å². The van der Waals surface area contributed by atoms with E-state index in [1.165, 1.54) is 0 Å². The first-order chi connectivity index (χ1) is 5.43. The van der Waals surface area contributed by atoms with Gasteiger partial charge in [-0.05, 0) is 19.3 Å². The van der Waals surface area contributed by atoms with E-state index in [0.29, 0.717) is 0 Å². The first-order valence-electron chi connectivity index (χ1n) is 3.81. The van der Waals surface area contributed by atoms with Crippen LogP contribution >= 0.6 is 0 Å². The van der Waals surface area contributed by atoms with Gasteiger partial charge in [-0.2, -0.15) is 0 Å². The molecule has 0 unspecified atom stereocenters. The molecule has 1 rings (SSSR count). The number of ether oxygens (including phenoxy) is 1. The molecule has 0 saturated heterocycles. The zero-order valence-electron chi connectivity index (χ0n) is 6.75. The second-order valence-electron chi connectivity index (χ2n) is 2.44. The molecular formula is C8H13NO2. The van der Waals surface area contributed by atoms with Gasteiger partial charge in [-0.15, -0.1) is 0 Å². The topological polar surface area (TPSA) is 35.3 Å². The number of unbranched alkanes of at least 4 members (excludes halogenated alkanes) is 1. The Bertz CT molecular complexity index is 172. The number of nitrogens with zero attached hydrogens (tertiary/aromatic N) is 1. The highest BCUT2D eigenvalue weighted by Gasteiger charge is 1.94. The summed E-state index contributed by atoms with van der Waals surface area (Å²) in [5.74, 6) is 0. The SMILES string of the molecule is COCCCCc1ccon1. The van der Waals surface area contributed by atoms with E-state index in [9.17, 15) is 0 Å². The van der Waals surface area contributed by atoms with Crippen LogP contribution in [0.2, 0.25) is 0 Å². The minimum atomic E-state index is 0.831. The summed E-state index contributed by atoms with van der Waals surface area (Å²) in [5, 5.41) is 3.80. The van der Waals surface area contributed by atoms with Crippen LogP contribution in [-0.4, -0.2) is 18.9 Å². The van der Waals surface area contributed by atoms with Crippen LogP contribution in [0.3, 0.4) is 0 Å². The molecule has 62 valence electrons. The molecule has 0 aliphatic rings. The Kier molecular flexibility index (Phi) is 3.69. The lowest BCUT2D eigenvalue weighted by atomic mass is 10.2. The maximum absolute atomic E-state index is 4.92. The van der Waals surface area contributed by atoms with E-state index < -0.39 is 0 Å². The lowest BCUT2D eigenvalue weighted by Gasteiger charge is -1.95. The third-order valence-corrected chi connectivity index (χ3v) is 1.52. The third kappa shape index (κ3) is 3.18. The molecule has 1 aromatic heterocycles. The minimum Gasteiger partial charge on any atom is -0.385 e. The van der Waals surface area contributed by atoms with Gasteiger partial charge in [-0.3, -0.25) is 0 Å². The molecule has 0 amide bonds. The molecule has 1 aromatic rings. The predicted octanol–water partition coefficient (Wildman–Crippen LogP) is 1.64. The largest absolute Gasteiger partial charge is 0.385 e. The van der Waals surface area contributed by atoms with Gasteiger partial charge in [0.1, 0.15) is 6.26 Å². The Balaban J connectivity index is 2.04. The van der Waals surface area contributed by atoms with Crippen molar-refractivity contribution in [1.29, 1.82) is 0 Å². The zero-order chi connectivity index (χ0) is 7.94. The number of hydrogen-bond acceptors (Lipinski definition) is 3. The zero-order valence-corrected chi connectivity index (χ0v) is 6.75. The highest BCUT2D eigenvalue weighted by atomic mass is 16.5. The lowest BCUT2D eigenvalue weighted by molar-refractivity contribution is 0.192. The van der Waals surface area contributed by atoms with Crippen molar-refractivity contribution in [2.45, 2.75) is 19.3 Å². The van der Waals surface area contributed by atoms with Crippen LogP contribution in [-0.2, 0) is 11.2 Å². The normalized spacial score (nSPS) is 10.3. The van der Waals surface area contributed by atoms with Crippen molar-refractivity contribution in [2.24, 2.45) is 0 Å². The van der Waals surface area contributed by atoms with Gasteiger partial charge in [0.25, 0.3) is 0 Å². The van der Waals surface area contributed by atoms with Gasteiger partial charge in [-0.1, -0.05) is 5.16 Å². The van der Waals surface area contributed by atoms with E-state index >= 15 is 0 Å². The van der Waals surface area contributed by atoms with E-state index in [1.807, 2.05) is 6.07 Å². The summed E-state index contributed by atoms with van der Waals surface area (Å²) in [7, 11) is 1.72. The van der Waals surface area contributed by atoms with Crippen LogP contribution in [0.4, 0.5) is 0 Å². The number of rotatable bonds is 5. The summed E-state index contributed by atoms with van der Waals surface area (Å²) in [4.78, 5) is 0. The molecule has 0 atom stereocenters. The highest BCUT2D eigenvalue weighted by Crippen LogP contribution is 2.01. The van der Waals surface area contributed by atoms with E-state index in [0.717, 1.165) is 31.6 Å². The quantitative estimate of drug-likeness (QED) is 0.606. The average molecular weight is 155 g/mol. The maximum atomic E-state index is 4.92. The van der Waals surface area contributed by atoms with Crippen LogP contribution in [0.15, 0.2) is 16.9 Å². The number of methoxy groups -OCH3 is 1. The molecular weight excluding hydrogens is 142 g/mol. The fraction of sp³-hybridized carbons (Fsp3) is 0.625. The summed E-state index contributed by atoms with van der Waals surface area (Å²) in [6.07, 6.45) is 4.79. The second kappa shape index (κ2) is 4.91. The summed E-state index contributed by atoms with van der Waals surface area (Å²) in [6.45, 7) is 0.831. The van der Waals surface area contributed by atoms with Gasteiger partial charge in [0.05, 0.1) is 5.69 Å². The second-order valence-corrected chi connectivity index (χ2v) is 2.44. The molecule has 0 N–H and O–H groups in total. The molecule has 0 spiro atoms. The van der Waals surface area contributed by atoms with Crippen LogP contribution in [0, 0.1) is 0 Å². The Hall–Kier alpha value is -0.830. The standard InChI is InChI=1S/C8H13NO2/c1-10-6-3-2-4-8-5-7-11-9-8/h5,7H,2-4,6H2,1H3. The number of aryl methyl sites for hydroxylation is 1. The molecule has 3 heteroatoms. The Morgan fingerprint density at radius 2 is 2.45 bits per heavy atom. The van der Waals surface area contributed by atoms with Crippen LogP contribution < -0.4 is 0 Å². The molecule has 0 aliphatic carbocycles. The molecule has 0 aromatic carbocycles. The number of aromatic nitrogens is 1. The monoisotopic (exact) mass is 155 g/mol. The Morgan fingerprint density at radius 3 is 3.09 bits per heavy atom. The smallest absolute Gasteiger partial charge is 0.124 e. The van der Waals surface area contributed by atoms with E-state index in [1.54, 1.807) is 13.4 Å². The predicted molar refractivity (Wildman–Crippen MR) is 41.3 cm³/mol. The molecule has 0 radical (unpaired) electrons. The molecule has 0 aliphatic heterocycles. The van der Waals surface area contributed by atoms with Crippen LogP contribution in [0.5, 0.6) is 0 Å². The molecule has 1 heterocycles. The Labute approximate surface area is 66.3 Å². The van der Waals surface area contributed by atoms with Gasteiger partial charge in [0, 0.05) is 19.8 Å². The first kappa shape index (κ1) is 8.27. The van der Waals surface area contributed by atoms with Crippen LogP contribution in [0.1, 0.15) is 18.5 Å². The van der Waals surface area contributed by atoms with E-state index in [2.05, 4.69) is 5.16 Å². The molecule has 11 heavy (non-hydrogen) atoms. The number of hydrogen-bond donors (Lipinski definition) is 0. The van der Waals surface area contributed by atoms with Crippen molar-refractivity contribution in [3.05, 3.63) is 18.0 Å². The summed E-state index contributed by atoms with van der Waals surface area (Å²) in [6, 6.07) is 1.90. The van der Waals surface area contributed by atoms with Gasteiger partial charge in [0.2, 0.25) is 0 Å². The van der Waals surface area contributed by atoms with Gasteiger partial charge < -0.3 is 9.26 Å². The summed E-state index contributed by atoms with van der Waals surface area (Å²) < 4.78 is 9.61. The van der Waals surface area contributed by atoms with Crippen molar-refractivity contribution < 1.29 is 9.26 Å². The average Bonchev–Trinajstić information content (AvgIpc) is 2.50. The van der Waals surface area contributed by atoms with Crippen molar-refractivity contribution >= 4 is 0 Å². The van der Waals surface area contributed by atoms with Gasteiger partial charge >= 0.3 is 0 Å². The highest BCUT2D eigenvalue weighted by molar-refractivity contribution is 4.94. The fourth-order valence-electron chi connectivity index (χ4n) is 0.919. The van der Waals surface area contributed by atoms with Crippen molar-refractivity contribution in [3.8, 4) is 0 Å². The minimum absolute atomic E-state index is 0.831. The fourth-order valence-corrected chi connectivity index (χ4v) is 0.919. The van der Waals surface area contributed by atoms with Crippen LogP contribution in [0.25, 0.3) is 0 Å². The van der Waals surface area contributed by atoms with Crippen molar-refractivity contribution in [1.82, 2.24) is 5.16 Å². The third-order valence-electron chi connectivity index (χ3n) is 1.52. The molecule has 0 bridgehead atoms. The van der Waals surface area contributed by atoms with Gasteiger partial charge in [0.15, 0.2) is 0 Å². The van der Waals surface area contributed by atoms with E-state index in [4.69, 9.17) is 9.26 Å².